The van der Waals surface area contributed by atoms with E-state index < -0.39 is 123 Å². The lowest BCUT2D eigenvalue weighted by Crippen LogP contribution is -2.75. The normalized spacial score (nSPS) is 12.0. The molecule has 1 nitrogen and oxygen atoms in total. The predicted molar refractivity (Wildman–Crippen MR) is 123 cm³/mol. The summed E-state index contributed by atoms with van der Waals surface area (Å²) in [4.78, 5) is 0. The van der Waals surface area contributed by atoms with Gasteiger partial charge in [0.25, 0.3) is 0 Å². The monoisotopic (exact) mass is 641 g/mol. The van der Waals surface area contributed by atoms with Crippen molar-refractivity contribution in [2.24, 2.45) is 0 Å². The van der Waals surface area contributed by atoms with E-state index in [0.29, 0.717) is 19.3 Å². The molecule has 0 aliphatic heterocycles. The number of unbranched alkanes of at least 4 members (excludes halogenated alkanes) is 5. The molecule has 0 aliphatic rings. The van der Waals surface area contributed by atoms with E-state index in [2.05, 4.69) is 0 Å². The lowest BCUT2D eigenvalue weighted by Gasteiger charge is -2.44. The highest BCUT2D eigenvalue weighted by molar-refractivity contribution is 7.07. The topological polar surface area (TPSA) is 9.23 Å². The third kappa shape index (κ3) is 5.55. The molecule has 0 aliphatic carbocycles. The molecule has 0 saturated heterocycles. The fraction of sp³-hybridized carbons (Fsp3) is 0.308. The molecule has 0 amide bonds. The second-order valence-electron chi connectivity index (χ2n) is 9.38. The zero-order valence-corrected chi connectivity index (χ0v) is 21.6. The van der Waals surface area contributed by atoms with Gasteiger partial charge < -0.3 is 4.65 Å². The third-order valence-corrected chi connectivity index (χ3v) is 6.82. The van der Waals surface area contributed by atoms with Crippen LogP contribution in [-0.4, -0.2) is 13.0 Å². The molecule has 236 valence electrons. The van der Waals surface area contributed by atoms with Crippen molar-refractivity contribution in [3.8, 4) is 0 Å². The Morgan fingerprint density at radius 3 is 0.860 bits per heavy atom. The van der Waals surface area contributed by atoms with Crippen molar-refractivity contribution in [2.75, 3.05) is 6.61 Å². The molecule has 3 rings (SSSR count). The van der Waals surface area contributed by atoms with Gasteiger partial charge in [-0.1, -0.05) is 55.4 Å². The Balaban J connectivity index is 2.62. The lowest BCUT2D eigenvalue weighted by molar-refractivity contribution is 0.299. The van der Waals surface area contributed by atoms with Crippen molar-refractivity contribution in [1.82, 2.24) is 0 Å². The number of halogens is 15. The van der Waals surface area contributed by atoms with Crippen LogP contribution in [0, 0.1) is 87.3 Å². The van der Waals surface area contributed by atoms with Gasteiger partial charge >= 0.3 is 0 Å². The van der Waals surface area contributed by atoms with Crippen LogP contribution in [-0.2, 0) is 4.65 Å². The van der Waals surface area contributed by atoms with E-state index in [1.54, 1.807) is 0 Å². The van der Waals surface area contributed by atoms with Gasteiger partial charge in [-0.3, -0.25) is 0 Å². The third-order valence-electron chi connectivity index (χ3n) is 6.82. The van der Waals surface area contributed by atoms with E-state index in [4.69, 9.17) is 4.65 Å². The lowest BCUT2D eigenvalue weighted by atomic mass is 9.27. The van der Waals surface area contributed by atoms with E-state index in [1.807, 2.05) is 6.92 Å². The summed E-state index contributed by atoms with van der Waals surface area (Å²) in [5.41, 5.74) is -8.31. The molecule has 17 heteroatoms. The van der Waals surface area contributed by atoms with Crippen LogP contribution in [0.25, 0.3) is 0 Å². The van der Waals surface area contributed by atoms with Crippen LogP contribution < -0.4 is 16.4 Å². The number of rotatable bonds is 11. The first-order valence-corrected chi connectivity index (χ1v) is 12.4. The Morgan fingerprint density at radius 2 is 0.581 bits per heavy atom. The largest absolute Gasteiger partial charge is 0.579 e. The molecule has 0 spiro atoms. The predicted octanol–water partition coefficient (Wildman–Crippen LogP) is 7.12. The van der Waals surface area contributed by atoms with Crippen molar-refractivity contribution in [3.05, 3.63) is 87.3 Å². The van der Waals surface area contributed by atoms with Gasteiger partial charge in [-0.15, -0.1) is 0 Å². The summed E-state index contributed by atoms with van der Waals surface area (Å²) >= 11 is 0. The van der Waals surface area contributed by atoms with E-state index in [0.717, 1.165) is 6.42 Å². The molecule has 0 aromatic heterocycles. The van der Waals surface area contributed by atoms with Gasteiger partial charge in [0.2, 0.25) is 6.35 Å². The van der Waals surface area contributed by atoms with Crippen LogP contribution in [0.3, 0.4) is 0 Å². The first-order chi connectivity index (χ1) is 20.1. The fourth-order valence-electron chi connectivity index (χ4n) is 4.76. The summed E-state index contributed by atoms with van der Waals surface area (Å²) in [6, 6.07) is 0. The summed E-state index contributed by atoms with van der Waals surface area (Å²) in [7, 11) is 0. The molecule has 0 bridgehead atoms. The molecule has 0 unspecified atom stereocenters. The molecule has 43 heavy (non-hydrogen) atoms. The zero-order valence-electron chi connectivity index (χ0n) is 21.6. The second kappa shape index (κ2) is 13.1. The maximum absolute atomic E-state index is 15.3. The van der Waals surface area contributed by atoms with Crippen LogP contribution in [0.4, 0.5) is 65.9 Å². The van der Waals surface area contributed by atoms with Gasteiger partial charge in [-0.25, -0.2) is 65.9 Å². The van der Waals surface area contributed by atoms with Crippen LogP contribution >= 0.6 is 0 Å². The molecule has 0 radical (unpaired) electrons. The maximum atomic E-state index is 15.3. The Morgan fingerprint density at radius 1 is 0.349 bits per heavy atom. The standard InChI is InChI=1S/C26H17BF15O/c1-2-3-4-5-6-7-8-43-27(9-12(28)18(34)24(40)19(35)13(9)29,10-14(30)20(36)25(41)21(37)15(10)31)11-16(32)22(38)26(42)23(39)17(11)33/h2-8H2,1H3/q-1. The van der Waals surface area contributed by atoms with E-state index >= 15 is 26.3 Å². The SMILES string of the molecule is CCCCCCCCO[B-](c1c(F)c(F)c(F)c(F)c1F)(c1c(F)c(F)c(F)c(F)c1F)c1c(F)c(F)c(F)c(F)c1F. The van der Waals surface area contributed by atoms with Gasteiger partial charge in [-0.05, 0) is 6.42 Å². The molecule has 3 aromatic rings. The van der Waals surface area contributed by atoms with Crippen molar-refractivity contribution < 1.29 is 70.5 Å². The average Bonchev–Trinajstić information content (AvgIpc) is 2.98. The van der Waals surface area contributed by atoms with Crippen molar-refractivity contribution in [3.63, 3.8) is 0 Å². The van der Waals surface area contributed by atoms with Crippen molar-refractivity contribution in [2.45, 2.75) is 45.4 Å². The Kier molecular flexibility index (Phi) is 10.4. The van der Waals surface area contributed by atoms with Crippen molar-refractivity contribution in [1.29, 1.82) is 0 Å². The van der Waals surface area contributed by atoms with E-state index in [1.165, 1.54) is 0 Å². The van der Waals surface area contributed by atoms with Gasteiger partial charge in [0.05, 0.1) is 0 Å². The highest BCUT2D eigenvalue weighted by atomic mass is 19.2. The summed E-state index contributed by atoms with van der Waals surface area (Å²) in [5.74, 6) is -45.9. The van der Waals surface area contributed by atoms with Gasteiger partial charge in [-0.2, -0.15) is 0 Å². The molecule has 0 heterocycles. The minimum atomic E-state index is -5.94. The average molecular weight is 641 g/mol. The highest BCUT2D eigenvalue weighted by Crippen LogP contribution is 2.29. The Labute approximate surface area is 233 Å². The quantitative estimate of drug-likeness (QED) is 0.0713. The van der Waals surface area contributed by atoms with Crippen LogP contribution in [0.1, 0.15) is 45.4 Å². The summed E-state index contributed by atoms with van der Waals surface area (Å²) in [6.45, 7) is 0.572. The molecular weight excluding hydrogens is 624 g/mol. The van der Waals surface area contributed by atoms with E-state index in [-0.39, 0.29) is 6.42 Å². The van der Waals surface area contributed by atoms with Crippen molar-refractivity contribution >= 4 is 22.7 Å². The van der Waals surface area contributed by atoms with Crippen LogP contribution in [0.15, 0.2) is 0 Å². The van der Waals surface area contributed by atoms with Crippen LogP contribution in [0.5, 0.6) is 0 Å². The highest BCUT2D eigenvalue weighted by Gasteiger charge is 2.49. The summed E-state index contributed by atoms with van der Waals surface area (Å²) in [5, 5.41) is 0. The molecule has 0 N–H and O–H groups in total. The molecule has 0 saturated carbocycles. The second-order valence-corrected chi connectivity index (χ2v) is 9.38. The Hall–Kier alpha value is -3.37. The van der Waals surface area contributed by atoms with Gasteiger partial charge in [0.15, 0.2) is 52.4 Å². The summed E-state index contributed by atoms with van der Waals surface area (Å²) in [6.07, 6.45) is -4.05. The molecule has 3 aromatic carbocycles. The number of hydrogen-bond donors (Lipinski definition) is 0. The molecular formula is C26H17BF15O-. The minimum Gasteiger partial charge on any atom is -0.579 e. The van der Waals surface area contributed by atoms with E-state index in [9.17, 15) is 39.5 Å². The molecule has 0 atom stereocenters. The number of benzene rings is 3. The zero-order chi connectivity index (χ0) is 32.5. The minimum absolute atomic E-state index is 0.0392. The fourth-order valence-corrected chi connectivity index (χ4v) is 4.76. The maximum Gasteiger partial charge on any atom is 0.216 e. The first kappa shape index (κ1) is 34.1. The summed E-state index contributed by atoms with van der Waals surface area (Å²) < 4.78 is 225. The smallest absolute Gasteiger partial charge is 0.216 e. The number of hydrogen-bond acceptors (Lipinski definition) is 1. The van der Waals surface area contributed by atoms with Crippen LogP contribution in [0.2, 0.25) is 0 Å². The Bertz CT molecular complexity index is 1300. The molecule has 0 fully saturated rings. The van der Waals surface area contributed by atoms with Gasteiger partial charge in [0.1, 0.15) is 34.9 Å². The van der Waals surface area contributed by atoms with Gasteiger partial charge in [0, 0.05) is 6.61 Å². The first-order valence-electron chi connectivity index (χ1n) is 12.4.